The highest BCUT2D eigenvalue weighted by atomic mass is 32.2. The molecule has 0 radical (unpaired) electrons. The zero-order valence-corrected chi connectivity index (χ0v) is 13.3. The van der Waals surface area contributed by atoms with Crippen molar-refractivity contribution < 1.29 is 5.11 Å². The van der Waals surface area contributed by atoms with Gasteiger partial charge in [-0.15, -0.1) is 0 Å². The number of aliphatic hydroxyl groups excluding tert-OH is 1. The number of rotatable bonds is 4. The van der Waals surface area contributed by atoms with Gasteiger partial charge in [0.2, 0.25) is 0 Å². The largest absolute Gasteiger partial charge is 0.391 e. The summed E-state index contributed by atoms with van der Waals surface area (Å²) in [5.41, 5.74) is 1.25. The molecule has 0 aromatic carbocycles. The Morgan fingerprint density at radius 3 is 3.00 bits per heavy atom. The van der Waals surface area contributed by atoms with E-state index >= 15 is 0 Å². The van der Waals surface area contributed by atoms with E-state index in [0.717, 1.165) is 31.7 Å². The number of aromatic nitrogens is 1. The number of hydrogen-bond acceptors (Lipinski definition) is 5. The highest BCUT2D eigenvalue weighted by Crippen LogP contribution is 2.23. The van der Waals surface area contributed by atoms with Gasteiger partial charge in [-0.1, -0.05) is 6.07 Å². The monoisotopic (exact) mass is 307 g/mol. The minimum atomic E-state index is -0.211. The van der Waals surface area contributed by atoms with Crippen molar-refractivity contribution >= 4 is 17.6 Å². The summed E-state index contributed by atoms with van der Waals surface area (Å²) in [4.78, 5) is 6.81. The topological polar surface area (TPSA) is 48.4 Å². The van der Waals surface area contributed by atoms with Gasteiger partial charge in [0, 0.05) is 37.4 Å². The number of anilines is 1. The van der Waals surface area contributed by atoms with E-state index in [1.165, 1.54) is 29.9 Å². The first-order valence-corrected chi connectivity index (χ1v) is 9.16. The Bertz CT molecular complexity index is 451. The van der Waals surface area contributed by atoms with Crippen LogP contribution in [0.2, 0.25) is 0 Å². The van der Waals surface area contributed by atoms with Crippen molar-refractivity contribution in [2.45, 2.75) is 44.4 Å². The van der Waals surface area contributed by atoms with Crippen molar-refractivity contribution in [1.82, 2.24) is 10.3 Å². The molecular formula is C16H25N3OS. The maximum absolute atomic E-state index is 9.88. The maximum atomic E-state index is 9.88. The molecule has 2 aliphatic rings. The first-order valence-electron chi connectivity index (χ1n) is 8.01. The van der Waals surface area contributed by atoms with Gasteiger partial charge in [0.05, 0.1) is 6.10 Å². The fourth-order valence-corrected chi connectivity index (χ4v) is 4.26. The number of piperidine rings is 1. The number of nitrogens with zero attached hydrogens (tertiary/aromatic N) is 2. The van der Waals surface area contributed by atoms with Gasteiger partial charge >= 0.3 is 0 Å². The molecule has 0 spiro atoms. The van der Waals surface area contributed by atoms with Crippen LogP contribution in [0.25, 0.3) is 0 Å². The third-order valence-electron chi connectivity index (χ3n) is 4.37. The Kier molecular flexibility index (Phi) is 5.38. The first-order chi connectivity index (χ1) is 10.3. The molecule has 2 fully saturated rings. The van der Waals surface area contributed by atoms with Crippen molar-refractivity contribution in [2.24, 2.45) is 0 Å². The van der Waals surface area contributed by atoms with E-state index in [0.29, 0.717) is 12.6 Å². The van der Waals surface area contributed by atoms with Crippen molar-refractivity contribution in [3.63, 3.8) is 0 Å². The van der Waals surface area contributed by atoms with E-state index in [4.69, 9.17) is 0 Å². The normalized spacial score (nSPS) is 24.2. The summed E-state index contributed by atoms with van der Waals surface area (Å²) >= 11 is 2.06. The second-order valence-electron chi connectivity index (χ2n) is 6.00. The number of thioether (sulfide) groups is 1. The zero-order valence-electron chi connectivity index (χ0n) is 12.5. The molecule has 0 aliphatic carbocycles. The lowest BCUT2D eigenvalue weighted by atomic mass is 10.1. The van der Waals surface area contributed by atoms with Gasteiger partial charge in [-0.2, -0.15) is 11.8 Å². The Labute approximate surface area is 131 Å². The lowest BCUT2D eigenvalue weighted by Gasteiger charge is -2.32. The van der Waals surface area contributed by atoms with Gasteiger partial charge in [0.25, 0.3) is 0 Å². The molecule has 4 nitrogen and oxygen atoms in total. The van der Waals surface area contributed by atoms with Crippen LogP contribution in [0.1, 0.15) is 31.2 Å². The summed E-state index contributed by atoms with van der Waals surface area (Å²) in [6.07, 6.45) is 6.14. The van der Waals surface area contributed by atoms with Crippen LogP contribution in [0.5, 0.6) is 0 Å². The fraction of sp³-hybridized carbons (Fsp3) is 0.688. The Morgan fingerprint density at radius 1 is 1.33 bits per heavy atom. The molecule has 1 aromatic heterocycles. The van der Waals surface area contributed by atoms with Crippen LogP contribution in [0.15, 0.2) is 18.3 Å². The first kappa shape index (κ1) is 15.1. The van der Waals surface area contributed by atoms with Crippen LogP contribution in [0.3, 0.4) is 0 Å². The Balaban J connectivity index is 1.64. The van der Waals surface area contributed by atoms with Crippen molar-refractivity contribution in [3.05, 3.63) is 23.9 Å². The average Bonchev–Trinajstić information content (AvgIpc) is 2.54. The molecule has 116 valence electrons. The molecule has 0 amide bonds. The van der Waals surface area contributed by atoms with E-state index in [-0.39, 0.29) is 6.10 Å². The molecule has 2 N–H and O–H groups in total. The van der Waals surface area contributed by atoms with E-state index in [1.807, 2.05) is 12.3 Å². The molecule has 21 heavy (non-hydrogen) atoms. The number of hydrogen-bond donors (Lipinski definition) is 2. The summed E-state index contributed by atoms with van der Waals surface area (Å²) in [5.74, 6) is 3.60. The molecule has 5 heteroatoms. The second-order valence-corrected chi connectivity index (χ2v) is 7.22. The minimum absolute atomic E-state index is 0.211. The summed E-state index contributed by atoms with van der Waals surface area (Å²) in [6, 6.07) is 4.82. The van der Waals surface area contributed by atoms with Crippen LogP contribution in [-0.2, 0) is 6.54 Å². The summed E-state index contributed by atoms with van der Waals surface area (Å²) in [5, 5.41) is 13.6. The number of nitrogens with one attached hydrogen (secondary N) is 1. The summed E-state index contributed by atoms with van der Waals surface area (Å²) < 4.78 is 0. The summed E-state index contributed by atoms with van der Waals surface area (Å²) in [7, 11) is 0. The van der Waals surface area contributed by atoms with Crippen LogP contribution >= 0.6 is 11.8 Å². The van der Waals surface area contributed by atoms with E-state index in [9.17, 15) is 5.11 Å². The SMILES string of the molecule is OC1CCCN(c2ncccc2CNC2CCSCC2)C1. The van der Waals surface area contributed by atoms with Crippen LogP contribution in [0.4, 0.5) is 5.82 Å². The molecular weight excluding hydrogens is 282 g/mol. The molecule has 1 atom stereocenters. The number of aliphatic hydroxyl groups is 1. The molecule has 3 rings (SSSR count). The van der Waals surface area contributed by atoms with Crippen LogP contribution in [-0.4, -0.2) is 46.8 Å². The molecule has 0 bridgehead atoms. The molecule has 1 unspecified atom stereocenters. The van der Waals surface area contributed by atoms with Gasteiger partial charge in [-0.25, -0.2) is 4.98 Å². The highest BCUT2D eigenvalue weighted by Gasteiger charge is 2.21. The van der Waals surface area contributed by atoms with Crippen LogP contribution in [0, 0.1) is 0 Å². The van der Waals surface area contributed by atoms with E-state index in [1.54, 1.807) is 0 Å². The van der Waals surface area contributed by atoms with Crippen molar-refractivity contribution in [1.29, 1.82) is 0 Å². The fourth-order valence-electron chi connectivity index (χ4n) is 3.16. The third-order valence-corrected chi connectivity index (χ3v) is 5.41. The summed E-state index contributed by atoms with van der Waals surface area (Å²) in [6.45, 7) is 2.59. The number of pyridine rings is 1. The zero-order chi connectivity index (χ0) is 14.5. The molecule has 3 heterocycles. The predicted octanol–water partition coefficient (Wildman–Crippen LogP) is 2.03. The van der Waals surface area contributed by atoms with Gasteiger partial charge < -0.3 is 15.3 Å². The van der Waals surface area contributed by atoms with E-state index in [2.05, 4.69) is 33.0 Å². The second kappa shape index (κ2) is 7.47. The molecule has 2 aliphatic heterocycles. The predicted molar refractivity (Wildman–Crippen MR) is 88.9 cm³/mol. The average molecular weight is 307 g/mol. The minimum Gasteiger partial charge on any atom is -0.391 e. The van der Waals surface area contributed by atoms with Gasteiger partial charge in [0.15, 0.2) is 0 Å². The van der Waals surface area contributed by atoms with Crippen molar-refractivity contribution in [2.75, 3.05) is 29.5 Å². The smallest absolute Gasteiger partial charge is 0.133 e. The molecule has 2 saturated heterocycles. The lowest BCUT2D eigenvalue weighted by molar-refractivity contribution is 0.153. The Hall–Kier alpha value is -0.780. The number of β-amino-alcohol motifs (C(OH)–C–C–N with tert-alkyl or cyclic N) is 1. The van der Waals surface area contributed by atoms with Crippen LogP contribution < -0.4 is 10.2 Å². The standard InChI is InChI=1S/C16H25N3OS/c20-15-4-2-8-19(12-15)16-13(3-1-7-17-16)11-18-14-5-9-21-10-6-14/h1,3,7,14-15,18,20H,2,4-6,8-12H2. The van der Waals surface area contributed by atoms with Gasteiger partial charge in [-0.05, 0) is 43.3 Å². The maximum Gasteiger partial charge on any atom is 0.133 e. The highest BCUT2D eigenvalue weighted by molar-refractivity contribution is 7.99. The van der Waals surface area contributed by atoms with Gasteiger partial charge in [-0.3, -0.25) is 0 Å². The van der Waals surface area contributed by atoms with E-state index < -0.39 is 0 Å². The molecule has 1 aromatic rings. The third kappa shape index (κ3) is 4.11. The Morgan fingerprint density at radius 2 is 2.19 bits per heavy atom. The van der Waals surface area contributed by atoms with Gasteiger partial charge in [0.1, 0.15) is 5.82 Å². The molecule has 0 saturated carbocycles. The lowest BCUT2D eigenvalue weighted by Crippen LogP contribution is -2.40. The quantitative estimate of drug-likeness (QED) is 0.891. The van der Waals surface area contributed by atoms with Crippen molar-refractivity contribution in [3.8, 4) is 0 Å².